The highest BCUT2D eigenvalue weighted by Gasteiger charge is 1.96. The highest BCUT2D eigenvalue weighted by Crippen LogP contribution is 2.22. The van der Waals surface area contributed by atoms with Gasteiger partial charge in [0, 0.05) is 10.9 Å². The number of benzene rings is 1. The molecule has 0 aliphatic carbocycles. The Labute approximate surface area is 87.0 Å². The molecule has 2 nitrogen and oxygen atoms in total. The maximum Gasteiger partial charge on any atom is 0.0993 e. The summed E-state index contributed by atoms with van der Waals surface area (Å²) in [4.78, 5) is 4.24. The Morgan fingerprint density at radius 1 is 1.54 bits per heavy atom. The van der Waals surface area contributed by atoms with Crippen molar-refractivity contribution in [3.05, 3.63) is 28.2 Å². The zero-order valence-corrected chi connectivity index (χ0v) is 9.43. The van der Waals surface area contributed by atoms with Gasteiger partial charge in [0.25, 0.3) is 0 Å². The summed E-state index contributed by atoms with van der Waals surface area (Å²) in [6.45, 7) is 4.03. The zero-order chi connectivity index (χ0) is 9.84. The molecule has 2 N–H and O–H groups in total. The SMILES string of the molecule is CCC(N)=Nc1ccc(C)c(Br)c1. The van der Waals surface area contributed by atoms with Gasteiger partial charge in [0.15, 0.2) is 0 Å². The van der Waals surface area contributed by atoms with Crippen molar-refractivity contribution in [2.75, 3.05) is 0 Å². The Kier molecular flexibility index (Phi) is 3.48. The molecule has 70 valence electrons. The van der Waals surface area contributed by atoms with Gasteiger partial charge in [0.2, 0.25) is 0 Å². The molecule has 0 aliphatic rings. The van der Waals surface area contributed by atoms with Gasteiger partial charge < -0.3 is 5.73 Å². The zero-order valence-electron chi connectivity index (χ0n) is 7.84. The Morgan fingerprint density at radius 2 is 2.23 bits per heavy atom. The molecule has 0 spiro atoms. The average Bonchev–Trinajstić information content (AvgIpc) is 2.11. The van der Waals surface area contributed by atoms with Crippen molar-refractivity contribution in [1.82, 2.24) is 0 Å². The molecule has 0 aliphatic heterocycles. The van der Waals surface area contributed by atoms with Crippen LogP contribution in [-0.4, -0.2) is 5.84 Å². The van der Waals surface area contributed by atoms with Crippen molar-refractivity contribution in [2.45, 2.75) is 20.3 Å². The molecule has 0 fully saturated rings. The van der Waals surface area contributed by atoms with E-state index in [0.717, 1.165) is 16.6 Å². The molecule has 0 unspecified atom stereocenters. The van der Waals surface area contributed by atoms with Gasteiger partial charge >= 0.3 is 0 Å². The third-order valence-corrected chi connectivity index (χ3v) is 2.64. The minimum absolute atomic E-state index is 0.663. The molecule has 0 amide bonds. The summed E-state index contributed by atoms with van der Waals surface area (Å²) in [5.74, 6) is 0.663. The first kappa shape index (κ1) is 10.3. The number of nitrogens with zero attached hydrogens (tertiary/aromatic N) is 1. The number of aliphatic imine (C=N–C) groups is 1. The summed E-state index contributed by atoms with van der Waals surface area (Å²) >= 11 is 3.45. The molecule has 0 aromatic heterocycles. The Morgan fingerprint density at radius 3 is 2.77 bits per heavy atom. The first-order valence-electron chi connectivity index (χ1n) is 4.22. The number of aryl methyl sites for hydroxylation is 1. The average molecular weight is 241 g/mol. The summed E-state index contributed by atoms with van der Waals surface area (Å²) in [5, 5.41) is 0. The van der Waals surface area contributed by atoms with Gasteiger partial charge in [0.1, 0.15) is 0 Å². The van der Waals surface area contributed by atoms with Gasteiger partial charge in [-0.25, -0.2) is 4.99 Å². The third kappa shape index (κ3) is 2.84. The van der Waals surface area contributed by atoms with Crippen molar-refractivity contribution in [3.63, 3.8) is 0 Å². The molecule has 0 heterocycles. The lowest BCUT2D eigenvalue weighted by Crippen LogP contribution is -2.08. The molecule has 0 saturated heterocycles. The molecule has 1 rings (SSSR count). The molecular formula is C10H13BrN2. The number of rotatable bonds is 2. The molecule has 1 aromatic carbocycles. The van der Waals surface area contributed by atoms with Crippen LogP contribution >= 0.6 is 15.9 Å². The normalized spacial score (nSPS) is 11.8. The van der Waals surface area contributed by atoms with Crippen LogP contribution in [0.1, 0.15) is 18.9 Å². The van der Waals surface area contributed by atoms with E-state index in [9.17, 15) is 0 Å². The van der Waals surface area contributed by atoms with Crippen LogP contribution in [-0.2, 0) is 0 Å². The third-order valence-electron chi connectivity index (χ3n) is 1.79. The highest BCUT2D eigenvalue weighted by atomic mass is 79.9. The minimum Gasteiger partial charge on any atom is -0.387 e. The van der Waals surface area contributed by atoms with E-state index in [2.05, 4.69) is 20.9 Å². The Hall–Kier alpha value is -0.830. The molecule has 13 heavy (non-hydrogen) atoms. The fraction of sp³-hybridized carbons (Fsp3) is 0.300. The molecule has 0 bridgehead atoms. The number of nitrogens with two attached hydrogens (primary N) is 1. The van der Waals surface area contributed by atoms with Crippen molar-refractivity contribution >= 4 is 27.5 Å². The highest BCUT2D eigenvalue weighted by molar-refractivity contribution is 9.10. The second kappa shape index (κ2) is 4.42. The standard InChI is InChI=1S/C10H13BrN2/c1-3-10(12)13-8-5-4-7(2)9(11)6-8/h4-6H,3H2,1-2H3,(H2,12,13). The lowest BCUT2D eigenvalue weighted by Gasteiger charge is -2.00. The summed E-state index contributed by atoms with van der Waals surface area (Å²) < 4.78 is 1.07. The first-order valence-corrected chi connectivity index (χ1v) is 5.02. The van der Waals surface area contributed by atoms with Gasteiger partial charge in [0.05, 0.1) is 11.5 Å². The molecular weight excluding hydrogens is 228 g/mol. The first-order chi connectivity index (χ1) is 6.13. The minimum atomic E-state index is 0.663. The molecule has 1 aromatic rings. The fourth-order valence-electron chi connectivity index (χ4n) is 0.896. The van der Waals surface area contributed by atoms with Crippen molar-refractivity contribution < 1.29 is 0 Å². The van der Waals surface area contributed by atoms with E-state index < -0.39 is 0 Å². The maximum absolute atomic E-state index is 5.63. The van der Waals surface area contributed by atoms with Gasteiger partial charge in [-0.15, -0.1) is 0 Å². The summed E-state index contributed by atoms with van der Waals surface area (Å²) in [6, 6.07) is 5.95. The number of halogens is 1. The van der Waals surface area contributed by atoms with Crippen LogP contribution in [0.5, 0.6) is 0 Å². The fourth-order valence-corrected chi connectivity index (χ4v) is 1.26. The van der Waals surface area contributed by atoms with Gasteiger partial charge in [-0.05, 0) is 24.6 Å². The molecule has 3 heteroatoms. The number of amidine groups is 1. The largest absolute Gasteiger partial charge is 0.387 e. The van der Waals surface area contributed by atoms with Crippen LogP contribution in [0.2, 0.25) is 0 Å². The topological polar surface area (TPSA) is 38.4 Å². The lowest BCUT2D eigenvalue weighted by molar-refractivity contribution is 1.23. The van der Waals surface area contributed by atoms with Crippen molar-refractivity contribution in [2.24, 2.45) is 10.7 Å². The van der Waals surface area contributed by atoms with E-state index in [0.29, 0.717) is 5.84 Å². The summed E-state index contributed by atoms with van der Waals surface area (Å²) in [7, 11) is 0. The monoisotopic (exact) mass is 240 g/mol. The van der Waals surface area contributed by atoms with Crippen molar-refractivity contribution in [3.8, 4) is 0 Å². The predicted molar refractivity (Wildman–Crippen MR) is 60.5 cm³/mol. The van der Waals surface area contributed by atoms with Crippen LogP contribution in [0.4, 0.5) is 5.69 Å². The van der Waals surface area contributed by atoms with E-state index in [4.69, 9.17) is 5.73 Å². The van der Waals surface area contributed by atoms with Crippen LogP contribution in [0.25, 0.3) is 0 Å². The molecule has 0 atom stereocenters. The summed E-state index contributed by atoms with van der Waals surface area (Å²) in [6.07, 6.45) is 0.783. The maximum atomic E-state index is 5.63. The Balaban J connectivity index is 2.98. The second-order valence-corrected chi connectivity index (χ2v) is 3.74. The second-order valence-electron chi connectivity index (χ2n) is 2.89. The van der Waals surface area contributed by atoms with Gasteiger partial charge in [-0.3, -0.25) is 0 Å². The van der Waals surface area contributed by atoms with E-state index in [1.807, 2.05) is 32.0 Å². The van der Waals surface area contributed by atoms with Crippen LogP contribution < -0.4 is 5.73 Å². The molecule has 0 saturated carbocycles. The quantitative estimate of drug-likeness (QED) is 0.626. The van der Waals surface area contributed by atoms with Crippen LogP contribution in [0.15, 0.2) is 27.7 Å². The van der Waals surface area contributed by atoms with Crippen molar-refractivity contribution in [1.29, 1.82) is 0 Å². The van der Waals surface area contributed by atoms with E-state index >= 15 is 0 Å². The smallest absolute Gasteiger partial charge is 0.0993 e. The van der Waals surface area contributed by atoms with Gasteiger partial charge in [-0.1, -0.05) is 28.9 Å². The van der Waals surface area contributed by atoms with E-state index in [1.165, 1.54) is 5.56 Å². The van der Waals surface area contributed by atoms with Crippen LogP contribution in [0.3, 0.4) is 0 Å². The number of hydrogen-bond acceptors (Lipinski definition) is 1. The molecule has 0 radical (unpaired) electrons. The van der Waals surface area contributed by atoms with Crippen LogP contribution in [0, 0.1) is 6.92 Å². The predicted octanol–water partition coefficient (Wildman–Crippen LogP) is 3.16. The number of hydrogen-bond donors (Lipinski definition) is 1. The lowest BCUT2D eigenvalue weighted by atomic mass is 10.2. The van der Waals surface area contributed by atoms with Gasteiger partial charge in [-0.2, -0.15) is 0 Å². The summed E-state index contributed by atoms with van der Waals surface area (Å²) in [5.41, 5.74) is 7.73. The van der Waals surface area contributed by atoms with E-state index in [1.54, 1.807) is 0 Å². The Bertz CT molecular complexity index is 332. The van der Waals surface area contributed by atoms with E-state index in [-0.39, 0.29) is 0 Å².